The molecule has 8 heteroatoms. The van der Waals surface area contributed by atoms with Gasteiger partial charge in [-0.2, -0.15) is 0 Å². The second kappa shape index (κ2) is 6.51. The van der Waals surface area contributed by atoms with Crippen LogP contribution >= 0.6 is 11.3 Å². The Hall–Kier alpha value is -0.960. The van der Waals surface area contributed by atoms with Gasteiger partial charge in [0.15, 0.2) is 0 Å². The van der Waals surface area contributed by atoms with Gasteiger partial charge in [-0.25, -0.2) is 13.1 Å². The molecule has 2 heterocycles. The maximum atomic E-state index is 12.5. The largest absolute Gasteiger partial charge is 0.348 e. The van der Waals surface area contributed by atoms with E-state index in [0.29, 0.717) is 6.54 Å². The summed E-state index contributed by atoms with van der Waals surface area (Å²) in [4.78, 5) is 16.0. The smallest absolute Gasteiger partial charge is 0.239 e. The maximum absolute atomic E-state index is 12.5. The van der Waals surface area contributed by atoms with Crippen LogP contribution in [0.5, 0.6) is 0 Å². The van der Waals surface area contributed by atoms with E-state index in [1.165, 1.54) is 4.88 Å². The van der Waals surface area contributed by atoms with E-state index in [4.69, 9.17) is 0 Å². The van der Waals surface area contributed by atoms with Crippen molar-refractivity contribution < 1.29 is 13.2 Å². The van der Waals surface area contributed by atoms with E-state index < -0.39 is 16.1 Å². The summed E-state index contributed by atoms with van der Waals surface area (Å²) in [5.74, 6) is -0.203. The molecule has 2 fully saturated rings. The van der Waals surface area contributed by atoms with Gasteiger partial charge >= 0.3 is 0 Å². The summed E-state index contributed by atoms with van der Waals surface area (Å²) in [6.45, 7) is 1.92. The van der Waals surface area contributed by atoms with Crippen molar-refractivity contribution in [3.63, 3.8) is 0 Å². The number of sulfonamides is 1. The zero-order chi connectivity index (χ0) is 16.5. The highest BCUT2D eigenvalue weighted by molar-refractivity contribution is 7.88. The molecular weight excluding hydrogens is 334 g/mol. The fraction of sp³-hybridized carbons (Fsp3) is 0.667. The lowest BCUT2D eigenvalue weighted by Gasteiger charge is -2.32. The van der Waals surface area contributed by atoms with Crippen LogP contribution in [0, 0.1) is 0 Å². The summed E-state index contributed by atoms with van der Waals surface area (Å²) in [5, 5.41) is 5.17. The number of nitrogens with zero attached hydrogens (tertiary/aromatic N) is 1. The Morgan fingerprint density at radius 1 is 1.43 bits per heavy atom. The average molecular weight is 358 g/mol. The number of rotatable bonds is 4. The topological polar surface area (TPSA) is 78.5 Å². The van der Waals surface area contributed by atoms with Gasteiger partial charge in [-0.05, 0) is 24.3 Å². The molecule has 0 radical (unpaired) electrons. The van der Waals surface area contributed by atoms with E-state index in [1.807, 2.05) is 11.4 Å². The summed E-state index contributed by atoms with van der Waals surface area (Å²) in [5.41, 5.74) is -0.206. The first-order valence-electron chi connectivity index (χ1n) is 7.89. The van der Waals surface area contributed by atoms with Gasteiger partial charge in [0.1, 0.15) is 6.04 Å². The van der Waals surface area contributed by atoms with Crippen LogP contribution < -0.4 is 10.0 Å². The molecule has 1 atom stereocenters. The van der Waals surface area contributed by atoms with E-state index in [0.717, 1.165) is 45.0 Å². The Labute approximate surface area is 141 Å². The molecule has 1 amide bonds. The first-order chi connectivity index (χ1) is 10.9. The Kier molecular flexibility index (Phi) is 4.78. The fourth-order valence-electron chi connectivity index (χ4n) is 3.65. The van der Waals surface area contributed by atoms with Crippen LogP contribution in [0.1, 0.15) is 30.6 Å². The standard InChI is InChI=1S/C15H23N3O3S2/c1-23(20,21)17-13-10-18(9-12-5-4-8-22-12)11-15(16-14(13)19)6-2-3-7-15/h4-5,8,13,17H,2-3,6-7,9-11H2,1H3,(H,16,19). The van der Waals surface area contributed by atoms with Crippen LogP contribution in [0.25, 0.3) is 0 Å². The zero-order valence-corrected chi connectivity index (χ0v) is 14.9. The minimum Gasteiger partial charge on any atom is -0.348 e. The van der Waals surface area contributed by atoms with Crippen molar-refractivity contribution in [2.45, 2.75) is 43.8 Å². The van der Waals surface area contributed by atoms with E-state index in [-0.39, 0.29) is 11.4 Å². The molecule has 2 N–H and O–H groups in total. The lowest BCUT2D eigenvalue weighted by atomic mass is 9.97. The van der Waals surface area contributed by atoms with Crippen molar-refractivity contribution in [3.8, 4) is 0 Å². The van der Waals surface area contributed by atoms with Crippen LogP contribution in [0.3, 0.4) is 0 Å². The Morgan fingerprint density at radius 2 is 2.17 bits per heavy atom. The van der Waals surface area contributed by atoms with Gasteiger partial charge in [0.2, 0.25) is 15.9 Å². The Balaban J connectivity index is 1.82. The molecule has 0 bridgehead atoms. The summed E-state index contributed by atoms with van der Waals surface area (Å²) in [7, 11) is -3.43. The van der Waals surface area contributed by atoms with Gasteiger partial charge in [-0.3, -0.25) is 9.69 Å². The molecule has 0 aromatic carbocycles. The van der Waals surface area contributed by atoms with Gasteiger partial charge in [0, 0.05) is 24.5 Å². The Bertz CT molecular complexity index is 652. The highest BCUT2D eigenvalue weighted by Gasteiger charge is 2.42. The molecule has 1 spiro atoms. The number of amides is 1. The van der Waals surface area contributed by atoms with Crippen molar-refractivity contribution in [2.24, 2.45) is 0 Å². The molecule has 1 aromatic rings. The third kappa shape index (κ3) is 4.32. The van der Waals surface area contributed by atoms with Crippen molar-refractivity contribution in [1.82, 2.24) is 14.9 Å². The number of hydrogen-bond acceptors (Lipinski definition) is 5. The molecule has 1 saturated carbocycles. The SMILES string of the molecule is CS(=O)(=O)NC1CN(Cc2cccs2)CC2(CCCC2)NC1=O. The highest BCUT2D eigenvalue weighted by atomic mass is 32.2. The number of carbonyl (C=O) groups is 1. The third-order valence-electron chi connectivity index (χ3n) is 4.55. The molecule has 1 aliphatic carbocycles. The summed E-state index contributed by atoms with van der Waals surface area (Å²) in [6, 6.07) is 3.36. The van der Waals surface area contributed by atoms with Crippen LogP contribution in [0.2, 0.25) is 0 Å². The van der Waals surface area contributed by atoms with Crippen molar-refractivity contribution in [1.29, 1.82) is 0 Å². The van der Waals surface area contributed by atoms with Gasteiger partial charge < -0.3 is 5.32 Å². The van der Waals surface area contributed by atoms with Crippen molar-refractivity contribution in [3.05, 3.63) is 22.4 Å². The molecule has 128 valence electrons. The van der Waals surface area contributed by atoms with Gasteiger partial charge in [0.05, 0.1) is 11.8 Å². The third-order valence-corrected chi connectivity index (χ3v) is 6.12. The molecule has 1 aliphatic heterocycles. The van der Waals surface area contributed by atoms with Crippen molar-refractivity contribution >= 4 is 27.3 Å². The highest BCUT2D eigenvalue weighted by Crippen LogP contribution is 2.32. The van der Waals surface area contributed by atoms with Crippen LogP contribution in [-0.4, -0.2) is 50.2 Å². The van der Waals surface area contributed by atoms with Gasteiger partial charge in [-0.1, -0.05) is 18.9 Å². The van der Waals surface area contributed by atoms with Crippen molar-refractivity contribution in [2.75, 3.05) is 19.3 Å². The van der Waals surface area contributed by atoms with Gasteiger partial charge in [0.25, 0.3) is 0 Å². The predicted octanol–water partition coefficient (Wildman–Crippen LogP) is 0.910. The van der Waals surface area contributed by atoms with Crippen LogP contribution in [-0.2, 0) is 21.4 Å². The molecule has 1 saturated heterocycles. The summed E-state index contributed by atoms with van der Waals surface area (Å²) >= 11 is 1.68. The number of nitrogens with one attached hydrogen (secondary N) is 2. The lowest BCUT2D eigenvalue weighted by Crippen LogP contribution is -2.54. The van der Waals surface area contributed by atoms with E-state index >= 15 is 0 Å². The molecule has 3 rings (SSSR count). The number of hydrogen-bond donors (Lipinski definition) is 2. The molecular formula is C15H23N3O3S2. The number of carbonyl (C=O) groups excluding carboxylic acids is 1. The summed E-state index contributed by atoms with van der Waals surface area (Å²) < 4.78 is 25.7. The molecule has 23 heavy (non-hydrogen) atoms. The predicted molar refractivity (Wildman–Crippen MR) is 90.7 cm³/mol. The molecule has 2 aliphatic rings. The fourth-order valence-corrected chi connectivity index (χ4v) is 5.09. The molecule has 6 nitrogen and oxygen atoms in total. The lowest BCUT2D eigenvalue weighted by molar-refractivity contribution is -0.123. The first kappa shape index (κ1) is 16.9. The van der Waals surface area contributed by atoms with E-state index in [2.05, 4.69) is 21.0 Å². The molecule has 1 unspecified atom stereocenters. The second-order valence-electron chi connectivity index (χ2n) is 6.67. The zero-order valence-electron chi connectivity index (χ0n) is 13.2. The van der Waals surface area contributed by atoms with Crippen LogP contribution in [0.4, 0.5) is 0 Å². The normalized spacial score (nSPS) is 25.4. The summed E-state index contributed by atoms with van der Waals surface area (Å²) in [6.07, 6.45) is 5.24. The van der Waals surface area contributed by atoms with Gasteiger partial charge in [-0.15, -0.1) is 11.3 Å². The van der Waals surface area contributed by atoms with E-state index in [1.54, 1.807) is 11.3 Å². The quantitative estimate of drug-likeness (QED) is 0.840. The molecule has 1 aromatic heterocycles. The monoisotopic (exact) mass is 357 g/mol. The minimum atomic E-state index is -3.43. The van der Waals surface area contributed by atoms with Crippen LogP contribution in [0.15, 0.2) is 17.5 Å². The van der Waals surface area contributed by atoms with E-state index in [9.17, 15) is 13.2 Å². The average Bonchev–Trinajstić information content (AvgIpc) is 3.06. The maximum Gasteiger partial charge on any atom is 0.239 e. The first-order valence-corrected chi connectivity index (χ1v) is 10.7. The Morgan fingerprint density at radius 3 is 2.78 bits per heavy atom. The number of thiophene rings is 1. The minimum absolute atomic E-state index is 0.203. The second-order valence-corrected chi connectivity index (χ2v) is 9.48.